The predicted molar refractivity (Wildman–Crippen MR) is 101 cm³/mol. The third-order valence-corrected chi connectivity index (χ3v) is 4.76. The summed E-state index contributed by atoms with van der Waals surface area (Å²) in [7, 11) is 0. The van der Waals surface area contributed by atoms with Gasteiger partial charge >= 0.3 is 0 Å². The third kappa shape index (κ3) is 3.11. The van der Waals surface area contributed by atoms with E-state index in [1.54, 1.807) is 16.9 Å². The average Bonchev–Trinajstić information content (AvgIpc) is 3.22. The molecule has 0 bridgehead atoms. The normalized spacial score (nSPS) is 15.8. The quantitative estimate of drug-likeness (QED) is 0.735. The summed E-state index contributed by atoms with van der Waals surface area (Å²) in [6, 6.07) is 9.13. The van der Waals surface area contributed by atoms with Crippen LogP contribution in [0, 0.1) is 5.92 Å². The molecule has 1 saturated heterocycles. The minimum atomic E-state index is -0.101. The van der Waals surface area contributed by atoms with E-state index in [9.17, 15) is 4.79 Å². The summed E-state index contributed by atoms with van der Waals surface area (Å²) in [6.07, 6.45) is 5.03. The van der Waals surface area contributed by atoms with E-state index < -0.39 is 0 Å². The van der Waals surface area contributed by atoms with Gasteiger partial charge in [-0.1, -0.05) is 0 Å². The van der Waals surface area contributed by atoms with Crippen molar-refractivity contribution in [3.05, 3.63) is 49.1 Å². The number of rotatable bonds is 4. The Morgan fingerprint density at radius 1 is 1.07 bits per heavy atom. The molecule has 0 atom stereocenters. The van der Waals surface area contributed by atoms with Crippen molar-refractivity contribution in [3.63, 3.8) is 0 Å². The second-order valence-corrected chi connectivity index (χ2v) is 6.63. The largest absolute Gasteiger partial charge is 0.486 e. The van der Waals surface area contributed by atoms with Crippen molar-refractivity contribution in [1.29, 1.82) is 0 Å². The smallest absolute Gasteiger partial charge is 0.231 e. The number of amides is 1. The molecule has 28 heavy (non-hydrogen) atoms. The summed E-state index contributed by atoms with van der Waals surface area (Å²) in [4.78, 5) is 23.1. The Labute approximate surface area is 160 Å². The van der Waals surface area contributed by atoms with Gasteiger partial charge in [0.2, 0.25) is 5.91 Å². The summed E-state index contributed by atoms with van der Waals surface area (Å²) < 4.78 is 12.7. The first-order chi connectivity index (χ1) is 13.8. The number of hydrogen-bond donors (Lipinski definition) is 1. The minimum absolute atomic E-state index is 0.0192. The van der Waals surface area contributed by atoms with Crippen molar-refractivity contribution >= 4 is 17.4 Å². The van der Waals surface area contributed by atoms with Crippen molar-refractivity contribution in [2.75, 3.05) is 36.5 Å². The van der Waals surface area contributed by atoms with Gasteiger partial charge in [0, 0.05) is 43.3 Å². The van der Waals surface area contributed by atoms with Crippen LogP contribution in [-0.4, -0.2) is 52.0 Å². The van der Waals surface area contributed by atoms with Crippen LogP contribution >= 0.6 is 0 Å². The van der Waals surface area contributed by atoms with Crippen molar-refractivity contribution in [2.45, 2.75) is 0 Å². The lowest BCUT2D eigenvalue weighted by molar-refractivity contribution is -0.120. The maximum Gasteiger partial charge on any atom is 0.231 e. The molecule has 0 saturated carbocycles. The molecule has 1 aromatic carbocycles. The lowest BCUT2D eigenvalue weighted by Crippen LogP contribution is -2.52. The van der Waals surface area contributed by atoms with Crippen LogP contribution in [0.4, 0.5) is 11.5 Å². The number of nitrogens with one attached hydrogen (secondary N) is 1. The molecule has 0 unspecified atom stereocenters. The van der Waals surface area contributed by atoms with Gasteiger partial charge in [-0.2, -0.15) is 5.10 Å². The van der Waals surface area contributed by atoms with Crippen molar-refractivity contribution in [1.82, 2.24) is 19.7 Å². The minimum Gasteiger partial charge on any atom is -0.486 e. The molecular formula is C19H18N6O3. The summed E-state index contributed by atoms with van der Waals surface area (Å²) in [6.45, 7) is 2.26. The SMILES string of the molecule is O=C(Nc1ccc2c(c1)OCCO2)C1CN(c2cc(-n3cccn3)ncn2)C1. The van der Waals surface area contributed by atoms with Gasteiger partial charge in [-0.05, 0) is 18.2 Å². The van der Waals surface area contributed by atoms with Crippen LogP contribution in [-0.2, 0) is 4.79 Å². The van der Waals surface area contributed by atoms with Gasteiger partial charge in [-0.3, -0.25) is 4.79 Å². The number of aromatic nitrogens is 4. The highest BCUT2D eigenvalue weighted by Crippen LogP contribution is 2.33. The van der Waals surface area contributed by atoms with Crippen molar-refractivity contribution in [2.24, 2.45) is 5.92 Å². The highest BCUT2D eigenvalue weighted by Gasteiger charge is 2.34. The summed E-state index contributed by atoms with van der Waals surface area (Å²) in [5, 5.41) is 7.13. The van der Waals surface area contributed by atoms with Crippen LogP contribution in [0.5, 0.6) is 11.5 Å². The van der Waals surface area contributed by atoms with Crippen molar-refractivity contribution < 1.29 is 14.3 Å². The highest BCUT2D eigenvalue weighted by atomic mass is 16.6. The van der Waals surface area contributed by atoms with Gasteiger partial charge in [0.25, 0.3) is 0 Å². The highest BCUT2D eigenvalue weighted by molar-refractivity contribution is 5.94. The standard InChI is InChI=1S/C19H18N6O3/c26-19(23-14-2-3-15-16(8-14)28-7-6-27-15)13-10-24(11-13)17-9-18(21-12-20-17)25-5-1-4-22-25/h1-5,8-9,12-13H,6-7,10-11H2,(H,23,26). The fraction of sp³-hybridized carbons (Fsp3) is 0.263. The van der Waals surface area contributed by atoms with Crippen molar-refractivity contribution in [3.8, 4) is 17.3 Å². The van der Waals surface area contributed by atoms with Gasteiger partial charge in [0.1, 0.15) is 25.4 Å². The second-order valence-electron chi connectivity index (χ2n) is 6.63. The summed E-state index contributed by atoms with van der Waals surface area (Å²) in [5.74, 6) is 2.72. The maximum atomic E-state index is 12.5. The van der Waals surface area contributed by atoms with Crippen LogP contribution in [0.25, 0.3) is 5.82 Å². The predicted octanol–water partition coefficient (Wildman–Crippen LogP) is 1.51. The molecular weight excluding hydrogens is 360 g/mol. The molecule has 0 spiro atoms. The number of carbonyl (C=O) groups is 1. The molecule has 142 valence electrons. The molecule has 9 heteroatoms. The number of anilines is 2. The first kappa shape index (κ1) is 16.5. The van der Waals surface area contributed by atoms with E-state index in [4.69, 9.17) is 9.47 Å². The Hall–Kier alpha value is -3.62. The fourth-order valence-electron chi connectivity index (χ4n) is 3.24. The van der Waals surface area contributed by atoms with E-state index in [2.05, 4.69) is 20.4 Å². The lowest BCUT2D eigenvalue weighted by Gasteiger charge is -2.39. The van der Waals surface area contributed by atoms with Gasteiger partial charge in [-0.25, -0.2) is 14.6 Å². The zero-order valence-corrected chi connectivity index (χ0v) is 15.0. The van der Waals surface area contributed by atoms with Crippen LogP contribution in [0.15, 0.2) is 49.1 Å². The van der Waals surface area contributed by atoms with Crippen LogP contribution in [0.2, 0.25) is 0 Å². The molecule has 3 aromatic rings. The molecule has 1 amide bonds. The second kappa shape index (κ2) is 6.84. The lowest BCUT2D eigenvalue weighted by atomic mass is 9.99. The Morgan fingerprint density at radius 3 is 2.71 bits per heavy atom. The monoisotopic (exact) mass is 378 g/mol. The molecule has 0 radical (unpaired) electrons. The zero-order chi connectivity index (χ0) is 18.9. The fourth-order valence-corrected chi connectivity index (χ4v) is 3.24. The third-order valence-electron chi connectivity index (χ3n) is 4.76. The van der Waals surface area contributed by atoms with Gasteiger partial charge in [0.05, 0.1) is 5.92 Å². The number of carbonyl (C=O) groups excluding carboxylic acids is 1. The van der Waals surface area contributed by atoms with E-state index >= 15 is 0 Å². The van der Waals surface area contributed by atoms with E-state index in [0.717, 1.165) is 5.82 Å². The molecule has 2 aliphatic rings. The van der Waals surface area contributed by atoms with E-state index in [1.807, 2.05) is 35.4 Å². The zero-order valence-electron chi connectivity index (χ0n) is 15.0. The summed E-state index contributed by atoms with van der Waals surface area (Å²) >= 11 is 0. The van der Waals surface area contributed by atoms with E-state index in [-0.39, 0.29) is 11.8 Å². The molecule has 4 heterocycles. The van der Waals surface area contributed by atoms with Gasteiger partial charge < -0.3 is 19.7 Å². The van der Waals surface area contributed by atoms with Crippen LogP contribution in [0.1, 0.15) is 0 Å². The molecule has 2 aliphatic heterocycles. The number of fused-ring (bicyclic) bond motifs is 1. The van der Waals surface area contributed by atoms with Crippen LogP contribution < -0.4 is 19.7 Å². The number of hydrogen-bond acceptors (Lipinski definition) is 7. The number of benzene rings is 1. The first-order valence-corrected chi connectivity index (χ1v) is 9.04. The Balaban J connectivity index is 1.21. The van der Waals surface area contributed by atoms with Gasteiger partial charge in [0.15, 0.2) is 17.3 Å². The Bertz CT molecular complexity index is 1000. The molecule has 9 nitrogen and oxygen atoms in total. The topological polar surface area (TPSA) is 94.4 Å². The maximum absolute atomic E-state index is 12.5. The van der Waals surface area contributed by atoms with E-state index in [0.29, 0.717) is 49.3 Å². The summed E-state index contributed by atoms with van der Waals surface area (Å²) in [5.41, 5.74) is 0.704. The van der Waals surface area contributed by atoms with E-state index in [1.165, 1.54) is 6.33 Å². The number of nitrogens with zero attached hydrogens (tertiary/aromatic N) is 5. The Morgan fingerprint density at radius 2 is 1.89 bits per heavy atom. The molecule has 2 aromatic heterocycles. The molecule has 0 aliphatic carbocycles. The average molecular weight is 378 g/mol. The Kier molecular flexibility index (Phi) is 4.04. The number of ether oxygens (including phenoxy) is 2. The van der Waals surface area contributed by atoms with Crippen LogP contribution in [0.3, 0.4) is 0 Å². The molecule has 1 N–H and O–H groups in total. The first-order valence-electron chi connectivity index (χ1n) is 9.04. The molecule has 1 fully saturated rings. The molecule has 5 rings (SSSR count). The van der Waals surface area contributed by atoms with Gasteiger partial charge in [-0.15, -0.1) is 0 Å².